The summed E-state index contributed by atoms with van der Waals surface area (Å²) >= 11 is 5.89. The van der Waals surface area contributed by atoms with Crippen LogP contribution in [0.25, 0.3) is 0 Å². The van der Waals surface area contributed by atoms with E-state index in [1.54, 1.807) is 5.57 Å². The first-order valence-electron chi connectivity index (χ1n) is 10.8. The van der Waals surface area contributed by atoms with Crippen molar-refractivity contribution < 1.29 is 0 Å². The van der Waals surface area contributed by atoms with Gasteiger partial charge in [0, 0.05) is 24.8 Å². The zero-order valence-electron chi connectivity index (χ0n) is 16.4. The van der Waals surface area contributed by atoms with Crippen LogP contribution in [0.1, 0.15) is 44.1 Å². The summed E-state index contributed by atoms with van der Waals surface area (Å²) < 4.78 is 0. The first-order valence-corrected chi connectivity index (χ1v) is 11.2. The predicted octanol–water partition coefficient (Wildman–Crippen LogP) is 4.59. The Bertz CT molecular complexity index is 740. The molecule has 3 aliphatic heterocycles. The van der Waals surface area contributed by atoms with Crippen molar-refractivity contribution >= 4 is 23.0 Å². The van der Waals surface area contributed by atoms with Crippen molar-refractivity contribution in [2.24, 2.45) is 11.8 Å². The van der Waals surface area contributed by atoms with E-state index in [-0.39, 0.29) is 0 Å². The average molecular weight is 382 g/mol. The van der Waals surface area contributed by atoms with E-state index in [2.05, 4.69) is 52.4 Å². The number of hydrogen-bond acceptors (Lipinski definition) is 2. The molecule has 1 N–H and O–H groups in total. The monoisotopic (exact) mass is 381 g/mol. The van der Waals surface area contributed by atoms with E-state index in [0.717, 1.165) is 35.2 Å². The lowest BCUT2D eigenvalue weighted by Crippen LogP contribution is -2.60. The van der Waals surface area contributed by atoms with Crippen molar-refractivity contribution in [3.05, 3.63) is 41.5 Å². The average Bonchev–Trinajstić information content (AvgIpc) is 2.69. The fourth-order valence-electron chi connectivity index (χ4n) is 6.03. The standard InChI is InChI=1S/C23H31N3S/c1-16-7-9-20(10-8-16)24-23(27)26-12-4-5-17-13-18-14-19(22(17)26)15-25-11-3-2-6-21(18)25/h7-10,13,18-19,21-22H,2-6,11-12,14-15H2,1H3,(H,24,27)/t18-,19-,21-,22-/m1/s1. The maximum absolute atomic E-state index is 5.89. The van der Waals surface area contributed by atoms with Gasteiger partial charge < -0.3 is 10.2 Å². The van der Waals surface area contributed by atoms with Crippen LogP contribution in [0.5, 0.6) is 0 Å². The summed E-state index contributed by atoms with van der Waals surface area (Å²) in [4.78, 5) is 5.31. The molecule has 2 bridgehead atoms. The lowest BCUT2D eigenvalue weighted by molar-refractivity contribution is 0.0132. The Morgan fingerprint density at radius 3 is 2.81 bits per heavy atom. The van der Waals surface area contributed by atoms with E-state index in [1.165, 1.54) is 57.2 Å². The first kappa shape index (κ1) is 17.7. The van der Waals surface area contributed by atoms with Crippen LogP contribution in [0.15, 0.2) is 35.9 Å². The van der Waals surface area contributed by atoms with Gasteiger partial charge in [-0.1, -0.05) is 35.8 Å². The van der Waals surface area contributed by atoms with Gasteiger partial charge in [0.25, 0.3) is 0 Å². The fourth-order valence-corrected chi connectivity index (χ4v) is 6.36. The number of fused-ring (bicyclic) bond motifs is 6. The summed E-state index contributed by atoms with van der Waals surface area (Å²) in [6.07, 6.45) is 10.7. The number of likely N-dealkylation sites (tertiary alicyclic amines) is 1. The van der Waals surface area contributed by atoms with Crippen LogP contribution in [-0.2, 0) is 0 Å². The molecule has 3 heterocycles. The highest BCUT2D eigenvalue weighted by molar-refractivity contribution is 7.80. The molecule has 0 spiro atoms. The molecule has 1 aromatic carbocycles. The van der Waals surface area contributed by atoms with E-state index < -0.39 is 0 Å². The predicted molar refractivity (Wildman–Crippen MR) is 116 cm³/mol. The Labute approximate surface area is 168 Å². The molecule has 5 rings (SSSR count). The maximum Gasteiger partial charge on any atom is 0.173 e. The Morgan fingerprint density at radius 2 is 1.96 bits per heavy atom. The molecule has 1 aromatic rings. The fraction of sp³-hybridized carbons (Fsp3) is 0.609. The van der Waals surface area contributed by atoms with Crippen LogP contribution in [-0.4, -0.2) is 46.6 Å². The summed E-state index contributed by atoms with van der Waals surface area (Å²) in [7, 11) is 0. The molecule has 3 fully saturated rings. The quantitative estimate of drug-likeness (QED) is 0.566. The highest BCUT2D eigenvalue weighted by atomic mass is 32.1. The second kappa shape index (κ2) is 7.21. The molecule has 0 radical (unpaired) electrons. The molecule has 0 unspecified atom stereocenters. The summed E-state index contributed by atoms with van der Waals surface area (Å²) in [6.45, 7) is 5.79. The number of nitrogens with one attached hydrogen (secondary N) is 1. The molecular formula is C23H31N3S. The van der Waals surface area contributed by atoms with Gasteiger partial charge in [-0.25, -0.2) is 0 Å². The highest BCUT2D eigenvalue weighted by Gasteiger charge is 2.46. The zero-order valence-corrected chi connectivity index (χ0v) is 17.2. The highest BCUT2D eigenvalue weighted by Crippen LogP contribution is 2.45. The van der Waals surface area contributed by atoms with Gasteiger partial charge in [-0.2, -0.15) is 0 Å². The number of aryl methyl sites for hydroxylation is 1. The van der Waals surface area contributed by atoms with Crippen molar-refractivity contribution in [1.29, 1.82) is 0 Å². The van der Waals surface area contributed by atoms with E-state index in [9.17, 15) is 0 Å². The number of hydrogen-bond donors (Lipinski definition) is 1. The number of benzene rings is 1. The molecule has 0 saturated carbocycles. The van der Waals surface area contributed by atoms with E-state index in [1.807, 2.05) is 0 Å². The van der Waals surface area contributed by atoms with Crippen LogP contribution in [0.2, 0.25) is 0 Å². The molecule has 4 atom stereocenters. The van der Waals surface area contributed by atoms with Crippen molar-refractivity contribution in [2.45, 2.75) is 57.5 Å². The number of thiocarbonyl (C=S) groups is 1. The van der Waals surface area contributed by atoms with E-state index >= 15 is 0 Å². The number of rotatable bonds is 1. The molecule has 4 heteroatoms. The molecular weight excluding hydrogens is 350 g/mol. The third-order valence-electron chi connectivity index (χ3n) is 7.22. The van der Waals surface area contributed by atoms with Gasteiger partial charge in [-0.05, 0) is 81.8 Å². The molecule has 1 aliphatic carbocycles. The minimum absolute atomic E-state index is 0.517. The summed E-state index contributed by atoms with van der Waals surface area (Å²) in [5.74, 6) is 1.52. The Kier molecular flexibility index (Phi) is 4.73. The minimum Gasteiger partial charge on any atom is -0.342 e. The van der Waals surface area contributed by atoms with Gasteiger partial charge in [-0.3, -0.25) is 4.90 Å². The van der Waals surface area contributed by atoms with Crippen molar-refractivity contribution in [3.63, 3.8) is 0 Å². The Balaban J connectivity index is 1.38. The van der Waals surface area contributed by atoms with Gasteiger partial charge in [0.05, 0.1) is 6.04 Å². The van der Waals surface area contributed by atoms with Gasteiger partial charge in [0.15, 0.2) is 5.11 Å². The molecule has 27 heavy (non-hydrogen) atoms. The van der Waals surface area contributed by atoms with E-state index in [0.29, 0.717) is 6.04 Å². The molecule has 144 valence electrons. The number of piperidine rings is 3. The van der Waals surface area contributed by atoms with E-state index in [4.69, 9.17) is 12.2 Å². The zero-order chi connectivity index (χ0) is 18.4. The normalized spacial score (nSPS) is 32.9. The Hall–Kier alpha value is -1.39. The third kappa shape index (κ3) is 3.31. The van der Waals surface area contributed by atoms with Crippen molar-refractivity contribution in [3.8, 4) is 0 Å². The van der Waals surface area contributed by atoms with Crippen LogP contribution in [0, 0.1) is 18.8 Å². The first-order chi connectivity index (χ1) is 13.2. The van der Waals surface area contributed by atoms with Gasteiger partial charge >= 0.3 is 0 Å². The second-order valence-electron chi connectivity index (χ2n) is 9.00. The molecule has 3 nitrogen and oxygen atoms in total. The summed E-state index contributed by atoms with van der Waals surface area (Å²) in [6, 6.07) is 9.90. The Morgan fingerprint density at radius 1 is 1.11 bits per heavy atom. The molecule has 0 amide bonds. The number of anilines is 1. The van der Waals surface area contributed by atoms with Crippen LogP contribution in [0.3, 0.4) is 0 Å². The SMILES string of the molecule is Cc1ccc(NC(=S)N2CCCC3=C[C@@H]4C[C@H](CN5CCCC[C@H]45)[C@@H]32)cc1. The smallest absolute Gasteiger partial charge is 0.173 e. The van der Waals surface area contributed by atoms with Gasteiger partial charge in [0.2, 0.25) is 0 Å². The molecule has 3 saturated heterocycles. The van der Waals surface area contributed by atoms with Crippen molar-refractivity contribution in [1.82, 2.24) is 9.80 Å². The molecule has 0 aromatic heterocycles. The summed E-state index contributed by atoms with van der Waals surface area (Å²) in [5.41, 5.74) is 4.07. The van der Waals surface area contributed by atoms with Crippen LogP contribution >= 0.6 is 12.2 Å². The summed E-state index contributed by atoms with van der Waals surface area (Å²) in [5, 5.41) is 4.43. The second-order valence-corrected chi connectivity index (χ2v) is 9.38. The van der Waals surface area contributed by atoms with Gasteiger partial charge in [-0.15, -0.1) is 0 Å². The largest absolute Gasteiger partial charge is 0.342 e. The third-order valence-corrected chi connectivity index (χ3v) is 7.56. The van der Waals surface area contributed by atoms with Crippen LogP contribution < -0.4 is 5.32 Å². The number of nitrogens with zero attached hydrogens (tertiary/aromatic N) is 2. The lowest BCUT2D eigenvalue weighted by Gasteiger charge is -2.55. The lowest BCUT2D eigenvalue weighted by atomic mass is 9.68. The van der Waals surface area contributed by atoms with Gasteiger partial charge in [0.1, 0.15) is 0 Å². The molecule has 4 aliphatic rings. The topological polar surface area (TPSA) is 18.5 Å². The maximum atomic E-state index is 5.89. The van der Waals surface area contributed by atoms with Crippen molar-refractivity contribution in [2.75, 3.05) is 25.0 Å². The van der Waals surface area contributed by atoms with Crippen LogP contribution in [0.4, 0.5) is 5.69 Å². The minimum atomic E-state index is 0.517.